The largest absolute Gasteiger partial charge is 0.476 e. The van der Waals surface area contributed by atoms with Crippen LogP contribution in [0.3, 0.4) is 0 Å². The molecule has 1 aliphatic heterocycles. The van der Waals surface area contributed by atoms with Crippen molar-refractivity contribution < 1.29 is 9.53 Å². The Balaban J connectivity index is 1.15. The van der Waals surface area contributed by atoms with Crippen LogP contribution in [0.15, 0.2) is 30.7 Å². The van der Waals surface area contributed by atoms with Crippen molar-refractivity contribution >= 4 is 11.6 Å². The van der Waals surface area contributed by atoms with Gasteiger partial charge in [0.1, 0.15) is 0 Å². The van der Waals surface area contributed by atoms with E-state index in [4.69, 9.17) is 4.74 Å². The Hall–Kier alpha value is -2.90. The summed E-state index contributed by atoms with van der Waals surface area (Å²) in [6.45, 7) is 2.12. The molecule has 0 bridgehead atoms. The Morgan fingerprint density at radius 3 is 2.71 bits per heavy atom. The summed E-state index contributed by atoms with van der Waals surface area (Å²) in [5, 5.41) is 8.62. The Morgan fingerprint density at radius 1 is 1.18 bits per heavy atom. The summed E-state index contributed by atoms with van der Waals surface area (Å²) in [6.07, 6.45) is 9.75. The molecule has 8 nitrogen and oxygen atoms in total. The van der Waals surface area contributed by atoms with Gasteiger partial charge in [-0.3, -0.25) is 9.48 Å². The van der Waals surface area contributed by atoms with Gasteiger partial charge in [0.2, 0.25) is 5.88 Å². The maximum absolute atomic E-state index is 12.5. The average molecular weight is 380 g/mol. The van der Waals surface area contributed by atoms with Crippen molar-refractivity contribution in [1.82, 2.24) is 29.3 Å². The molecule has 8 heteroatoms. The molecule has 1 saturated heterocycles. The van der Waals surface area contributed by atoms with Gasteiger partial charge in [-0.05, 0) is 37.7 Å². The minimum atomic E-state index is 0.0613. The van der Waals surface area contributed by atoms with Gasteiger partial charge in [0, 0.05) is 38.3 Å². The Bertz CT molecular complexity index is 997. The summed E-state index contributed by atoms with van der Waals surface area (Å²) in [7, 11) is 1.82. The van der Waals surface area contributed by atoms with E-state index in [9.17, 15) is 4.79 Å². The monoisotopic (exact) mass is 380 g/mol. The van der Waals surface area contributed by atoms with Crippen molar-refractivity contribution in [3.05, 3.63) is 42.0 Å². The van der Waals surface area contributed by atoms with Crippen molar-refractivity contribution in [2.24, 2.45) is 13.0 Å². The van der Waals surface area contributed by atoms with Gasteiger partial charge in [0.05, 0.1) is 30.3 Å². The molecule has 2 fully saturated rings. The van der Waals surface area contributed by atoms with Crippen LogP contribution in [0.4, 0.5) is 0 Å². The molecule has 0 radical (unpaired) electrons. The third kappa shape index (κ3) is 3.46. The number of aromatic nitrogens is 5. The van der Waals surface area contributed by atoms with Gasteiger partial charge in [0.25, 0.3) is 5.91 Å². The summed E-state index contributed by atoms with van der Waals surface area (Å²) in [6, 6.07) is 3.85. The third-order valence-corrected chi connectivity index (χ3v) is 5.63. The third-order valence-electron chi connectivity index (χ3n) is 5.63. The number of nitrogens with zero attached hydrogens (tertiary/aromatic N) is 6. The molecular weight excluding hydrogens is 356 g/mol. The first kappa shape index (κ1) is 17.2. The fourth-order valence-electron chi connectivity index (χ4n) is 3.76. The van der Waals surface area contributed by atoms with Gasteiger partial charge in [-0.1, -0.05) is 0 Å². The minimum absolute atomic E-state index is 0.0613. The molecular formula is C20H24N6O2. The number of piperidine rings is 1. The molecule has 0 spiro atoms. The van der Waals surface area contributed by atoms with Crippen LogP contribution in [-0.4, -0.2) is 54.9 Å². The minimum Gasteiger partial charge on any atom is -0.476 e. The van der Waals surface area contributed by atoms with E-state index in [1.807, 2.05) is 34.8 Å². The molecule has 0 N–H and O–H groups in total. The molecule has 0 aromatic carbocycles. The van der Waals surface area contributed by atoms with Crippen molar-refractivity contribution in [3.8, 4) is 5.88 Å². The van der Waals surface area contributed by atoms with Crippen molar-refractivity contribution in [3.63, 3.8) is 0 Å². The molecule has 1 amide bonds. The zero-order valence-corrected chi connectivity index (χ0v) is 16.0. The SMILES string of the molecule is Cn1cc(C(=O)N2CCC(COc3ccc4nc(C5CC5)cn4n3)CC2)cn1. The molecule has 28 heavy (non-hydrogen) atoms. The second-order valence-corrected chi connectivity index (χ2v) is 7.86. The number of likely N-dealkylation sites (tertiary alicyclic amines) is 1. The zero-order chi connectivity index (χ0) is 19.1. The van der Waals surface area contributed by atoms with Crippen molar-refractivity contribution in [2.75, 3.05) is 19.7 Å². The van der Waals surface area contributed by atoms with Gasteiger partial charge in [-0.2, -0.15) is 5.10 Å². The fourth-order valence-corrected chi connectivity index (χ4v) is 3.76. The number of amides is 1. The molecule has 1 saturated carbocycles. The van der Waals surface area contributed by atoms with Crippen molar-refractivity contribution in [2.45, 2.75) is 31.6 Å². The maximum Gasteiger partial charge on any atom is 0.257 e. The topological polar surface area (TPSA) is 77.5 Å². The van der Waals surface area contributed by atoms with Crippen LogP contribution >= 0.6 is 0 Å². The van der Waals surface area contributed by atoms with Crippen LogP contribution in [0.25, 0.3) is 5.65 Å². The normalized spacial score (nSPS) is 18.0. The lowest BCUT2D eigenvalue weighted by Crippen LogP contribution is -2.39. The van der Waals surface area contributed by atoms with E-state index >= 15 is 0 Å². The van der Waals surface area contributed by atoms with E-state index in [2.05, 4.69) is 15.2 Å². The Morgan fingerprint density at radius 2 is 2.00 bits per heavy atom. The summed E-state index contributed by atoms with van der Waals surface area (Å²) < 4.78 is 9.42. The van der Waals surface area contributed by atoms with Gasteiger partial charge < -0.3 is 9.64 Å². The second-order valence-electron chi connectivity index (χ2n) is 7.86. The molecule has 3 aromatic heterocycles. The molecule has 2 aliphatic rings. The Kier molecular flexibility index (Phi) is 4.26. The molecule has 146 valence electrons. The van der Waals surface area contributed by atoms with Crippen LogP contribution < -0.4 is 4.74 Å². The van der Waals surface area contributed by atoms with Crippen LogP contribution in [0.2, 0.25) is 0 Å². The van der Waals surface area contributed by atoms with E-state index in [0.29, 0.717) is 29.9 Å². The predicted molar refractivity (Wildman–Crippen MR) is 102 cm³/mol. The van der Waals surface area contributed by atoms with E-state index in [1.54, 1.807) is 17.1 Å². The van der Waals surface area contributed by atoms with Gasteiger partial charge in [-0.15, -0.1) is 5.10 Å². The molecule has 5 rings (SSSR count). The summed E-state index contributed by atoms with van der Waals surface area (Å²) in [5.41, 5.74) is 2.66. The number of fused-ring (bicyclic) bond motifs is 1. The highest BCUT2D eigenvalue weighted by molar-refractivity contribution is 5.93. The average Bonchev–Trinajstić information content (AvgIpc) is 3.34. The molecule has 4 heterocycles. The van der Waals surface area contributed by atoms with E-state index < -0.39 is 0 Å². The molecule has 1 aliphatic carbocycles. The van der Waals surface area contributed by atoms with Crippen LogP contribution in [0, 0.1) is 5.92 Å². The van der Waals surface area contributed by atoms with Crippen LogP contribution in [0.1, 0.15) is 47.7 Å². The van der Waals surface area contributed by atoms with Gasteiger partial charge in [-0.25, -0.2) is 9.50 Å². The first-order valence-electron chi connectivity index (χ1n) is 9.93. The number of imidazole rings is 1. The van der Waals surface area contributed by atoms with Gasteiger partial charge >= 0.3 is 0 Å². The molecule has 3 aromatic rings. The highest BCUT2D eigenvalue weighted by Gasteiger charge is 2.27. The summed E-state index contributed by atoms with van der Waals surface area (Å²) in [4.78, 5) is 19.0. The van der Waals surface area contributed by atoms with Gasteiger partial charge in [0.15, 0.2) is 5.65 Å². The lowest BCUT2D eigenvalue weighted by molar-refractivity contribution is 0.0659. The number of carbonyl (C=O) groups excluding carboxylic acids is 1. The van der Waals surface area contributed by atoms with Crippen LogP contribution in [-0.2, 0) is 7.05 Å². The fraction of sp³-hybridized carbons (Fsp3) is 0.500. The quantitative estimate of drug-likeness (QED) is 0.679. The number of rotatable bonds is 5. The molecule has 0 atom stereocenters. The second kappa shape index (κ2) is 6.92. The maximum atomic E-state index is 12.5. The highest BCUT2D eigenvalue weighted by Crippen LogP contribution is 2.39. The van der Waals surface area contributed by atoms with Crippen molar-refractivity contribution in [1.29, 1.82) is 0 Å². The number of hydrogen-bond acceptors (Lipinski definition) is 5. The standard InChI is InChI=1S/C20H24N6O2/c1-24-11-16(10-21-24)20(27)25-8-6-14(7-9-25)13-28-19-5-4-18-22-17(15-2-3-15)12-26(18)23-19/h4-5,10-12,14-15H,2-3,6-9,13H2,1H3. The summed E-state index contributed by atoms with van der Waals surface area (Å²) >= 11 is 0. The lowest BCUT2D eigenvalue weighted by atomic mass is 9.97. The zero-order valence-electron chi connectivity index (χ0n) is 16.0. The van der Waals surface area contributed by atoms with E-state index in [-0.39, 0.29) is 5.91 Å². The number of aryl methyl sites for hydroxylation is 1. The lowest BCUT2D eigenvalue weighted by Gasteiger charge is -2.31. The van der Waals surface area contributed by atoms with E-state index in [1.165, 1.54) is 12.8 Å². The number of hydrogen-bond donors (Lipinski definition) is 0. The smallest absolute Gasteiger partial charge is 0.257 e. The first-order valence-corrected chi connectivity index (χ1v) is 9.93. The summed E-state index contributed by atoms with van der Waals surface area (Å²) in [5.74, 6) is 1.73. The number of ether oxygens (including phenoxy) is 1. The number of carbonyl (C=O) groups is 1. The predicted octanol–water partition coefficient (Wildman–Crippen LogP) is 2.27. The molecule has 0 unspecified atom stereocenters. The van der Waals surface area contributed by atoms with E-state index in [0.717, 1.165) is 37.3 Å². The van der Waals surface area contributed by atoms with Crippen LogP contribution in [0.5, 0.6) is 5.88 Å². The highest BCUT2D eigenvalue weighted by atomic mass is 16.5. The Labute approximate surface area is 163 Å². The first-order chi connectivity index (χ1) is 13.7.